The van der Waals surface area contributed by atoms with Crippen molar-refractivity contribution in [1.29, 1.82) is 0 Å². The van der Waals surface area contributed by atoms with E-state index in [4.69, 9.17) is 0 Å². The Balaban J connectivity index is 1.57. The van der Waals surface area contributed by atoms with E-state index in [-0.39, 0.29) is 11.2 Å². The fourth-order valence-corrected chi connectivity index (χ4v) is 4.60. The summed E-state index contributed by atoms with van der Waals surface area (Å²) in [4.78, 5) is 13.8. The van der Waals surface area contributed by atoms with Crippen molar-refractivity contribution in [1.82, 2.24) is 14.8 Å². The number of carbonyl (C=O) groups is 1. The molecule has 152 valence electrons. The van der Waals surface area contributed by atoms with Gasteiger partial charge in [-0.3, -0.25) is 9.36 Å². The number of thiophene rings is 1. The van der Waals surface area contributed by atoms with Gasteiger partial charge in [0.25, 0.3) is 0 Å². The molecule has 0 bridgehead atoms. The second-order valence-corrected chi connectivity index (χ2v) is 9.18. The highest BCUT2D eigenvalue weighted by Gasteiger charge is 2.22. The smallest absolute Gasteiger partial charge is 0.237 e. The molecule has 0 saturated heterocycles. The molecule has 2 aromatic heterocycles. The number of amides is 1. The van der Waals surface area contributed by atoms with Crippen molar-refractivity contribution >= 4 is 34.7 Å². The SMILES string of the molecule is Cc1ccccc1NC(=O)C(C)Sc1nnc(-c2cccs2)n1Cc1ccccc1. The van der Waals surface area contributed by atoms with Crippen LogP contribution in [0.15, 0.2) is 77.3 Å². The summed E-state index contributed by atoms with van der Waals surface area (Å²) in [6, 6.07) is 22.0. The minimum atomic E-state index is -0.320. The molecule has 1 amide bonds. The van der Waals surface area contributed by atoms with Crippen LogP contribution in [-0.4, -0.2) is 25.9 Å². The molecule has 1 N–H and O–H groups in total. The first-order valence-corrected chi connectivity index (χ1v) is 11.4. The van der Waals surface area contributed by atoms with Crippen LogP contribution in [0.4, 0.5) is 5.69 Å². The average molecular weight is 435 g/mol. The summed E-state index contributed by atoms with van der Waals surface area (Å²) >= 11 is 3.05. The van der Waals surface area contributed by atoms with Crippen LogP contribution in [0.2, 0.25) is 0 Å². The third-order valence-electron chi connectivity index (χ3n) is 4.70. The highest BCUT2D eigenvalue weighted by Crippen LogP contribution is 2.30. The fraction of sp³-hybridized carbons (Fsp3) is 0.174. The van der Waals surface area contributed by atoms with Crippen molar-refractivity contribution in [3.05, 3.63) is 83.2 Å². The normalized spacial score (nSPS) is 11.9. The largest absolute Gasteiger partial charge is 0.325 e. The number of thioether (sulfide) groups is 1. The van der Waals surface area contributed by atoms with Crippen LogP contribution < -0.4 is 5.32 Å². The summed E-state index contributed by atoms with van der Waals surface area (Å²) in [5, 5.41) is 14.3. The minimum absolute atomic E-state index is 0.0544. The number of benzene rings is 2. The lowest BCUT2D eigenvalue weighted by Crippen LogP contribution is -2.23. The molecular formula is C23H22N4OS2. The number of aryl methyl sites for hydroxylation is 1. The van der Waals surface area contributed by atoms with Crippen molar-refractivity contribution in [2.45, 2.75) is 30.8 Å². The fourth-order valence-electron chi connectivity index (χ4n) is 3.03. The Labute approximate surface area is 184 Å². The summed E-state index contributed by atoms with van der Waals surface area (Å²) in [5.74, 6) is 0.768. The maximum atomic E-state index is 12.8. The Kier molecular flexibility index (Phi) is 6.30. The van der Waals surface area contributed by atoms with E-state index in [2.05, 4.69) is 32.2 Å². The third-order valence-corrected chi connectivity index (χ3v) is 6.64. The molecule has 0 aliphatic carbocycles. The summed E-state index contributed by atoms with van der Waals surface area (Å²) in [6.45, 7) is 4.53. The average Bonchev–Trinajstić information content (AvgIpc) is 3.41. The molecule has 0 saturated carbocycles. The number of aromatic nitrogens is 3. The molecule has 0 fully saturated rings. The van der Waals surface area contributed by atoms with E-state index in [0.717, 1.165) is 32.7 Å². The Bertz CT molecular complexity index is 1120. The predicted octanol–water partition coefficient (Wildman–Crippen LogP) is 5.48. The molecule has 0 radical (unpaired) electrons. The van der Waals surface area contributed by atoms with Gasteiger partial charge in [-0.2, -0.15) is 0 Å². The molecule has 2 heterocycles. The molecule has 30 heavy (non-hydrogen) atoms. The highest BCUT2D eigenvalue weighted by molar-refractivity contribution is 8.00. The first kappa shape index (κ1) is 20.4. The number of hydrogen-bond donors (Lipinski definition) is 1. The molecule has 1 unspecified atom stereocenters. The molecular weight excluding hydrogens is 412 g/mol. The van der Waals surface area contributed by atoms with Gasteiger partial charge in [-0.25, -0.2) is 0 Å². The number of anilines is 1. The summed E-state index contributed by atoms with van der Waals surface area (Å²) in [7, 11) is 0. The van der Waals surface area contributed by atoms with Crippen molar-refractivity contribution in [2.24, 2.45) is 0 Å². The maximum absolute atomic E-state index is 12.8. The lowest BCUT2D eigenvalue weighted by Gasteiger charge is -2.14. The van der Waals surface area contributed by atoms with E-state index >= 15 is 0 Å². The second-order valence-electron chi connectivity index (χ2n) is 6.92. The van der Waals surface area contributed by atoms with Gasteiger partial charge in [0.15, 0.2) is 11.0 Å². The molecule has 1 atom stereocenters. The zero-order valence-electron chi connectivity index (χ0n) is 16.8. The first-order valence-electron chi connectivity index (χ1n) is 9.66. The van der Waals surface area contributed by atoms with Crippen molar-refractivity contribution < 1.29 is 4.79 Å². The van der Waals surface area contributed by atoms with Gasteiger partial charge in [-0.1, -0.05) is 66.4 Å². The van der Waals surface area contributed by atoms with E-state index in [1.54, 1.807) is 11.3 Å². The minimum Gasteiger partial charge on any atom is -0.325 e. The zero-order chi connectivity index (χ0) is 20.9. The van der Waals surface area contributed by atoms with Gasteiger partial charge in [-0.15, -0.1) is 21.5 Å². The lowest BCUT2D eigenvalue weighted by molar-refractivity contribution is -0.115. The zero-order valence-corrected chi connectivity index (χ0v) is 18.4. The molecule has 0 spiro atoms. The van der Waals surface area contributed by atoms with Crippen LogP contribution in [-0.2, 0) is 11.3 Å². The van der Waals surface area contributed by atoms with Crippen LogP contribution in [0.25, 0.3) is 10.7 Å². The third kappa shape index (κ3) is 4.63. The Hall–Kier alpha value is -2.90. The van der Waals surface area contributed by atoms with Crippen LogP contribution in [0, 0.1) is 6.92 Å². The number of para-hydroxylation sites is 1. The summed E-state index contributed by atoms with van der Waals surface area (Å²) < 4.78 is 2.09. The van der Waals surface area contributed by atoms with Gasteiger partial charge >= 0.3 is 0 Å². The van der Waals surface area contributed by atoms with E-state index in [9.17, 15) is 4.79 Å². The molecule has 4 rings (SSSR count). The quantitative estimate of drug-likeness (QED) is 0.391. The topological polar surface area (TPSA) is 59.8 Å². The van der Waals surface area contributed by atoms with Gasteiger partial charge in [0, 0.05) is 5.69 Å². The Morgan fingerprint density at radius 3 is 2.57 bits per heavy atom. The van der Waals surface area contributed by atoms with E-state index in [0.29, 0.717) is 6.54 Å². The van der Waals surface area contributed by atoms with Gasteiger partial charge in [0.1, 0.15) is 0 Å². The van der Waals surface area contributed by atoms with E-state index in [1.807, 2.05) is 73.8 Å². The van der Waals surface area contributed by atoms with Crippen LogP contribution in [0.5, 0.6) is 0 Å². The van der Waals surface area contributed by atoms with Crippen LogP contribution in [0.3, 0.4) is 0 Å². The summed E-state index contributed by atoms with van der Waals surface area (Å²) in [5.41, 5.74) is 3.03. The monoisotopic (exact) mass is 434 g/mol. The summed E-state index contributed by atoms with van der Waals surface area (Å²) in [6.07, 6.45) is 0. The molecule has 5 nitrogen and oxygen atoms in total. The highest BCUT2D eigenvalue weighted by atomic mass is 32.2. The Morgan fingerprint density at radius 1 is 1.07 bits per heavy atom. The Morgan fingerprint density at radius 2 is 1.83 bits per heavy atom. The predicted molar refractivity (Wildman–Crippen MR) is 124 cm³/mol. The number of nitrogens with one attached hydrogen (secondary N) is 1. The van der Waals surface area contributed by atoms with Gasteiger partial charge < -0.3 is 5.32 Å². The first-order chi connectivity index (χ1) is 14.6. The van der Waals surface area contributed by atoms with Gasteiger partial charge in [-0.05, 0) is 42.5 Å². The maximum Gasteiger partial charge on any atom is 0.237 e. The second kappa shape index (κ2) is 9.28. The number of nitrogens with zero attached hydrogens (tertiary/aromatic N) is 3. The van der Waals surface area contributed by atoms with Crippen molar-refractivity contribution in [3.63, 3.8) is 0 Å². The van der Waals surface area contributed by atoms with E-state index in [1.165, 1.54) is 11.8 Å². The molecule has 7 heteroatoms. The van der Waals surface area contributed by atoms with Crippen LogP contribution >= 0.6 is 23.1 Å². The van der Waals surface area contributed by atoms with Crippen LogP contribution in [0.1, 0.15) is 18.1 Å². The van der Waals surface area contributed by atoms with Gasteiger partial charge in [0.05, 0.1) is 16.7 Å². The molecule has 2 aromatic carbocycles. The number of rotatable bonds is 7. The molecule has 4 aromatic rings. The number of carbonyl (C=O) groups excluding carboxylic acids is 1. The van der Waals surface area contributed by atoms with Crippen molar-refractivity contribution in [2.75, 3.05) is 5.32 Å². The molecule has 0 aliphatic heterocycles. The standard InChI is InChI=1S/C23H22N4OS2/c1-16-9-6-7-12-19(16)24-22(28)17(2)30-23-26-25-21(20-13-8-14-29-20)27(23)15-18-10-4-3-5-11-18/h3-14,17H,15H2,1-2H3,(H,24,28). The molecule has 0 aliphatic rings. The lowest BCUT2D eigenvalue weighted by atomic mass is 10.2. The number of hydrogen-bond acceptors (Lipinski definition) is 5. The van der Waals surface area contributed by atoms with E-state index < -0.39 is 0 Å². The van der Waals surface area contributed by atoms with Gasteiger partial charge in [0.2, 0.25) is 5.91 Å². The van der Waals surface area contributed by atoms with Crippen molar-refractivity contribution in [3.8, 4) is 10.7 Å².